The van der Waals surface area contributed by atoms with Crippen LogP contribution in [0.4, 0.5) is 0 Å². The highest BCUT2D eigenvalue weighted by atomic mass is 16.5. The summed E-state index contributed by atoms with van der Waals surface area (Å²) in [7, 11) is 0. The third-order valence-electron chi connectivity index (χ3n) is 3.76. The van der Waals surface area contributed by atoms with Gasteiger partial charge in [0.1, 0.15) is 11.5 Å². The number of Topliss-reactive ketones (excluding diaryl/α,β-unsaturated/α-hetero) is 2. The number of ketones is 2. The van der Waals surface area contributed by atoms with Gasteiger partial charge in [-0.2, -0.15) is 0 Å². The van der Waals surface area contributed by atoms with Gasteiger partial charge in [0, 0.05) is 23.5 Å². The van der Waals surface area contributed by atoms with Crippen molar-refractivity contribution in [1.82, 2.24) is 0 Å². The zero-order valence-electron chi connectivity index (χ0n) is 11.8. The molecule has 0 saturated carbocycles. The van der Waals surface area contributed by atoms with Gasteiger partial charge in [-0.1, -0.05) is 48.5 Å². The number of rotatable bonds is 4. The standard InChI is InChI=1S/C18H16O3/c1-12(19)11-15-14-9-5-6-10-16(14)21-18(15)17(20)13-7-3-2-4-8-13/h2-10,15,18H,11H2,1H3/t15-,18-/m0/s1. The number of fused-ring (bicyclic) bond motifs is 1. The van der Waals surface area contributed by atoms with E-state index in [2.05, 4.69) is 0 Å². The second kappa shape index (κ2) is 5.52. The fourth-order valence-corrected chi connectivity index (χ4v) is 2.81. The summed E-state index contributed by atoms with van der Waals surface area (Å²) in [5, 5.41) is 0. The number of para-hydroxylation sites is 1. The molecule has 3 rings (SSSR count). The van der Waals surface area contributed by atoms with E-state index in [1.54, 1.807) is 19.1 Å². The van der Waals surface area contributed by atoms with E-state index < -0.39 is 6.10 Å². The first-order valence-electron chi connectivity index (χ1n) is 7.01. The maximum absolute atomic E-state index is 12.7. The van der Waals surface area contributed by atoms with E-state index in [1.807, 2.05) is 42.5 Å². The van der Waals surface area contributed by atoms with Crippen molar-refractivity contribution in [3.63, 3.8) is 0 Å². The number of carbonyl (C=O) groups is 2. The molecule has 0 radical (unpaired) electrons. The highest BCUT2D eigenvalue weighted by Crippen LogP contribution is 2.41. The summed E-state index contributed by atoms with van der Waals surface area (Å²) >= 11 is 0. The molecule has 1 aliphatic heterocycles. The van der Waals surface area contributed by atoms with Crippen molar-refractivity contribution in [2.24, 2.45) is 0 Å². The summed E-state index contributed by atoms with van der Waals surface area (Å²) in [5.41, 5.74) is 1.56. The minimum Gasteiger partial charge on any atom is -0.481 e. The van der Waals surface area contributed by atoms with Crippen molar-refractivity contribution in [2.75, 3.05) is 0 Å². The van der Waals surface area contributed by atoms with Gasteiger partial charge in [-0.15, -0.1) is 0 Å². The molecule has 2 aromatic rings. The Bertz CT molecular complexity index is 676. The van der Waals surface area contributed by atoms with Crippen LogP contribution in [0.5, 0.6) is 5.75 Å². The lowest BCUT2D eigenvalue weighted by atomic mass is 9.87. The van der Waals surface area contributed by atoms with Crippen LogP contribution in [0.25, 0.3) is 0 Å². The van der Waals surface area contributed by atoms with Crippen molar-refractivity contribution < 1.29 is 14.3 Å². The summed E-state index contributed by atoms with van der Waals surface area (Å²) in [5.74, 6) is 0.494. The number of hydrogen-bond acceptors (Lipinski definition) is 3. The molecule has 21 heavy (non-hydrogen) atoms. The van der Waals surface area contributed by atoms with Crippen molar-refractivity contribution >= 4 is 11.6 Å². The monoisotopic (exact) mass is 280 g/mol. The average Bonchev–Trinajstić information content (AvgIpc) is 2.86. The number of ether oxygens (including phenoxy) is 1. The Kier molecular flexibility index (Phi) is 3.57. The molecule has 0 spiro atoms. The summed E-state index contributed by atoms with van der Waals surface area (Å²) in [6.45, 7) is 1.55. The fourth-order valence-electron chi connectivity index (χ4n) is 2.81. The number of carbonyl (C=O) groups excluding carboxylic acids is 2. The van der Waals surface area contributed by atoms with Gasteiger partial charge in [-0.05, 0) is 13.0 Å². The first-order valence-corrected chi connectivity index (χ1v) is 7.01. The van der Waals surface area contributed by atoms with Crippen LogP contribution >= 0.6 is 0 Å². The molecule has 0 aliphatic carbocycles. The minimum absolute atomic E-state index is 0.0613. The summed E-state index contributed by atoms with van der Waals surface area (Å²) < 4.78 is 5.83. The zero-order valence-corrected chi connectivity index (χ0v) is 11.8. The molecule has 0 N–H and O–H groups in total. The SMILES string of the molecule is CC(=O)C[C@H]1c2ccccc2O[C@@H]1C(=O)c1ccccc1. The molecule has 106 valence electrons. The van der Waals surface area contributed by atoms with E-state index in [9.17, 15) is 9.59 Å². The molecule has 1 heterocycles. The van der Waals surface area contributed by atoms with Crippen molar-refractivity contribution in [3.8, 4) is 5.75 Å². The largest absolute Gasteiger partial charge is 0.481 e. The molecule has 2 atom stereocenters. The van der Waals surface area contributed by atoms with Crippen molar-refractivity contribution in [2.45, 2.75) is 25.4 Å². The normalized spacial score (nSPS) is 19.7. The number of benzene rings is 2. The third-order valence-corrected chi connectivity index (χ3v) is 3.76. The molecular weight excluding hydrogens is 264 g/mol. The lowest BCUT2D eigenvalue weighted by Gasteiger charge is -2.17. The Labute approximate surface area is 123 Å². The van der Waals surface area contributed by atoms with Crippen LogP contribution in [0, 0.1) is 0 Å². The maximum atomic E-state index is 12.7. The molecule has 0 saturated heterocycles. The van der Waals surface area contributed by atoms with Crippen LogP contribution in [0.2, 0.25) is 0 Å². The van der Waals surface area contributed by atoms with Crippen molar-refractivity contribution in [1.29, 1.82) is 0 Å². The van der Waals surface area contributed by atoms with Crippen molar-refractivity contribution in [3.05, 3.63) is 65.7 Å². The highest BCUT2D eigenvalue weighted by Gasteiger charge is 2.39. The number of hydrogen-bond donors (Lipinski definition) is 0. The quantitative estimate of drug-likeness (QED) is 0.806. The van der Waals surface area contributed by atoms with E-state index in [0.717, 1.165) is 5.56 Å². The minimum atomic E-state index is -0.617. The Hall–Kier alpha value is -2.42. The molecule has 0 fully saturated rings. The topological polar surface area (TPSA) is 43.4 Å². The summed E-state index contributed by atoms with van der Waals surface area (Å²) in [6, 6.07) is 16.6. The Morgan fingerprint density at radius 2 is 1.67 bits per heavy atom. The van der Waals surface area contributed by atoms with E-state index in [4.69, 9.17) is 4.74 Å². The Morgan fingerprint density at radius 3 is 2.38 bits per heavy atom. The van der Waals surface area contributed by atoms with Crippen LogP contribution in [0.1, 0.15) is 35.2 Å². The van der Waals surface area contributed by atoms with Gasteiger partial charge in [0.25, 0.3) is 0 Å². The van der Waals surface area contributed by atoms with Crippen LogP contribution in [-0.4, -0.2) is 17.7 Å². The average molecular weight is 280 g/mol. The summed E-state index contributed by atoms with van der Waals surface area (Å²) in [4.78, 5) is 24.2. The lowest BCUT2D eigenvalue weighted by Crippen LogP contribution is -2.30. The van der Waals surface area contributed by atoms with Crippen LogP contribution < -0.4 is 4.74 Å². The van der Waals surface area contributed by atoms with E-state index in [0.29, 0.717) is 17.7 Å². The predicted octanol–water partition coefficient (Wildman–Crippen LogP) is 3.39. The van der Waals surface area contributed by atoms with Gasteiger partial charge in [0.15, 0.2) is 6.10 Å². The van der Waals surface area contributed by atoms with Crippen LogP contribution in [-0.2, 0) is 4.79 Å². The highest BCUT2D eigenvalue weighted by molar-refractivity contribution is 6.01. The second-order valence-electron chi connectivity index (χ2n) is 5.32. The lowest BCUT2D eigenvalue weighted by molar-refractivity contribution is -0.117. The molecule has 0 bridgehead atoms. The second-order valence-corrected chi connectivity index (χ2v) is 5.32. The Balaban J connectivity index is 1.95. The third kappa shape index (κ3) is 2.59. The Morgan fingerprint density at radius 1 is 1.00 bits per heavy atom. The van der Waals surface area contributed by atoms with Gasteiger partial charge in [-0.3, -0.25) is 4.79 Å². The van der Waals surface area contributed by atoms with Gasteiger partial charge < -0.3 is 9.53 Å². The molecule has 2 aromatic carbocycles. The molecule has 1 aliphatic rings. The van der Waals surface area contributed by atoms with E-state index in [-0.39, 0.29) is 17.5 Å². The van der Waals surface area contributed by atoms with Gasteiger partial charge in [0.2, 0.25) is 5.78 Å². The van der Waals surface area contributed by atoms with Crippen LogP contribution in [0.15, 0.2) is 54.6 Å². The maximum Gasteiger partial charge on any atom is 0.203 e. The predicted molar refractivity (Wildman–Crippen MR) is 79.7 cm³/mol. The molecule has 3 heteroatoms. The first-order chi connectivity index (χ1) is 10.2. The molecule has 0 unspecified atom stereocenters. The molecule has 3 nitrogen and oxygen atoms in total. The van der Waals surface area contributed by atoms with E-state index in [1.165, 1.54) is 0 Å². The smallest absolute Gasteiger partial charge is 0.203 e. The first kappa shape index (κ1) is 13.6. The van der Waals surface area contributed by atoms with Gasteiger partial charge in [0.05, 0.1) is 0 Å². The van der Waals surface area contributed by atoms with Gasteiger partial charge in [-0.25, -0.2) is 0 Å². The molecule has 0 amide bonds. The zero-order chi connectivity index (χ0) is 14.8. The van der Waals surface area contributed by atoms with Gasteiger partial charge >= 0.3 is 0 Å². The fraction of sp³-hybridized carbons (Fsp3) is 0.222. The molecule has 0 aromatic heterocycles. The summed E-state index contributed by atoms with van der Waals surface area (Å²) in [6.07, 6.45) is -0.297. The van der Waals surface area contributed by atoms with Crippen LogP contribution in [0.3, 0.4) is 0 Å². The van der Waals surface area contributed by atoms with E-state index >= 15 is 0 Å². The molecular formula is C18H16O3.